The summed E-state index contributed by atoms with van der Waals surface area (Å²) in [5.41, 5.74) is 0.470. The molecule has 8 heteroatoms. The largest absolute Gasteiger partial charge is 0.334 e. The highest BCUT2D eigenvalue weighted by Gasteiger charge is 2.17. The number of benzene rings is 1. The van der Waals surface area contributed by atoms with Crippen molar-refractivity contribution >= 4 is 43.2 Å². The average Bonchev–Trinajstić information content (AvgIpc) is 2.97. The van der Waals surface area contributed by atoms with E-state index in [1.165, 1.54) is 19.2 Å². The molecule has 1 N–H and O–H groups in total. The van der Waals surface area contributed by atoms with Crippen molar-refractivity contribution in [3.8, 4) is 0 Å². The molecule has 5 nitrogen and oxygen atoms in total. The Balaban J connectivity index is 2.17. The summed E-state index contributed by atoms with van der Waals surface area (Å²) in [6.07, 6.45) is 0. The third-order valence-corrected chi connectivity index (χ3v) is 6.36. The van der Waals surface area contributed by atoms with Gasteiger partial charge in [0.05, 0.1) is 15.2 Å². The Labute approximate surface area is 148 Å². The first-order chi connectivity index (χ1) is 10.9. The summed E-state index contributed by atoms with van der Waals surface area (Å²) >= 11 is 5.00. The lowest BCUT2D eigenvalue weighted by Crippen LogP contribution is -2.30. The molecule has 0 saturated carbocycles. The Morgan fingerprint density at radius 2 is 1.87 bits per heavy atom. The van der Waals surface area contributed by atoms with Crippen LogP contribution in [-0.2, 0) is 16.6 Å². The van der Waals surface area contributed by atoms with Crippen LogP contribution in [0.2, 0.25) is 0 Å². The van der Waals surface area contributed by atoms with Crippen molar-refractivity contribution in [1.29, 1.82) is 0 Å². The number of rotatable bonds is 6. The van der Waals surface area contributed by atoms with Crippen molar-refractivity contribution in [3.63, 3.8) is 0 Å². The molecule has 0 unspecified atom stereocenters. The van der Waals surface area contributed by atoms with Crippen LogP contribution in [0.3, 0.4) is 0 Å². The molecule has 1 heterocycles. The predicted octanol–water partition coefficient (Wildman–Crippen LogP) is 3.08. The van der Waals surface area contributed by atoms with E-state index >= 15 is 0 Å². The topological polar surface area (TPSA) is 66.5 Å². The summed E-state index contributed by atoms with van der Waals surface area (Å²) in [5.74, 6) is -0.120. The second kappa shape index (κ2) is 7.57. The van der Waals surface area contributed by atoms with Crippen molar-refractivity contribution < 1.29 is 13.2 Å². The van der Waals surface area contributed by atoms with E-state index in [1.54, 1.807) is 28.4 Å². The highest BCUT2D eigenvalue weighted by atomic mass is 79.9. The van der Waals surface area contributed by atoms with E-state index in [0.717, 1.165) is 8.66 Å². The Bertz CT molecular complexity index is 785. The van der Waals surface area contributed by atoms with Gasteiger partial charge in [-0.05, 0) is 66.3 Å². The van der Waals surface area contributed by atoms with Crippen molar-refractivity contribution in [3.05, 3.63) is 50.6 Å². The Kier molecular flexibility index (Phi) is 5.96. The van der Waals surface area contributed by atoms with Gasteiger partial charge < -0.3 is 4.90 Å². The van der Waals surface area contributed by atoms with Gasteiger partial charge in [-0.15, -0.1) is 11.3 Å². The highest BCUT2D eigenvalue weighted by molar-refractivity contribution is 9.11. The predicted molar refractivity (Wildman–Crippen MR) is 95.1 cm³/mol. The normalized spacial score (nSPS) is 11.4. The van der Waals surface area contributed by atoms with Crippen molar-refractivity contribution in [2.45, 2.75) is 18.4 Å². The van der Waals surface area contributed by atoms with Crippen LogP contribution in [0, 0.1) is 0 Å². The molecule has 0 radical (unpaired) electrons. The molecule has 0 fully saturated rings. The van der Waals surface area contributed by atoms with Gasteiger partial charge in [-0.1, -0.05) is 0 Å². The first kappa shape index (κ1) is 18.1. The average molecular weight is 417 g/mol. The molecular formula is C15H17BrN2O3S2. The second-order valence-electron chi connectivity index (χ2n) is 4.76. The smallest absolute Gasteiger partial charge is 0.254 e. The van der Waals surface area contributed by atoms with Crippen molar-refractivity contribution in [2.24, 2.45) is 0 Å². The zero-order valence-corrected chi connectivity index (χ0v) is 16.0. The molecule has 23 heavy (non-hydrogen) atoms. The summed E-state index contributed by atoms with van der Waals surface area (Å²) in [6.45, 7) is 3.02. The van der Waals surface area contributed by atoms with Gasteiger partial charge in [-0.2, -0.15) is 0 Å². The maximum Gasteiger partial charge on any atom is 0.254 e. The summed E-state index contributed by atoms with van der Waals surface area (Å²) in [5, 5.41) is 0. The molecule has 0 bridgehead atoms. The van der Waals surface area contributed by atoms with Crippen LogP contribution >= 0.6 is 27.3 Å². The number of carbonyl (C=O) groups is 1. The third kappa shape index (κ3) is 4.41. The number of nitrogens with zero attached hydrogens (tertiary/aromatic N) is 1. The molecule has 0 saturated heterocycles. The molecule has 0 aliphatic rings. The minimum absolute atomic E-state index is 0.120. The van der Waals surface area contributed by atoms with E-state index in [9.17, 15) is 13.2 Å². The molecular weight excluding hydrogens is 400 g/mol. The number of nitrogens with one attached hydrogen (secondary N) is 1. The standard InChI is InChI=1S/C15H17BrN2O3S2/c1-3-18(10-12-6-9-14(16)22-12)15(19)11-4-7-13(8-5-11)23(20,21)17-2/h4-9,17H,3,10H2,1-2H3. The molecule has 1 aromatic heterocycles. The molecule has 0 aliphatic carbocycles. The van der Waals surface area contributed by atoms with E-state index < -0.39 is 10.0 Å². The van der Waals surface area contributed by atoms with Gasteiger partial charge in [0.2, 0.25) is 10.0 Å². The number of hydrogen-bond donors (Lipinski definition) is 1. The van der Waals surface area contributed by atoms with Crippen LogP contribution in [0.15, 0.2) is 45.1 Å². The van der Waals surface area contributed by atoms with Crippen LogP contribution in [0.5, 0.6) is 0 Å². The highest BCUT2D eigenvalue weighted by Crippen LogP contribution is 2.24. The number of thiophene rings is 1. The molecule has 124 valence electrons. The van der Waals surface area contributed by atoms with Crippen LogP contribution in [0.1, 0.15) is 22.2 Å². The Hall–Kier alpha value is -1.22. The maximum absolute atomic E-state index is 12.6. The fraction of sp³-hybridized carbons (Fsp3) is 0.267. The molecule has 1 amide bonds. The number of hydrogen-bond acceptors (Lipinski definition) is 4. The van der Waals surface area contributed by atoms with E-state index in [1.807, 2.05) is 19.1 Å². The zero-order chi connectivity index (χ0) is 17.0. The molecule has 1 aromatic carbocycles. The quantitative estimate of drug-likeness (QED) is 0.786. The first-order valence-corrected chi connectivity index (χ1v) is 10.0. The third-order valence-electron chi connectivity index (χ3n) is 3.32. The fourth-order valence-electron chi connectivity index (χ4n) is 2.03. The summed E-state index contributed by atoms with van der Waals surface area (Å²) in [6, 6.07) is 9.89. The van der Waals surface area contributed by atoms with E-state index in [4.69, 9.17) is 0 Å². The van der Waals surface area contributed by atoms with Crippen LogP contribution in [-0.4, -0.2) is 32.8 Å². The number of sulfonamides is 1. The monoisotopic (exact) mass is 416 g/mol. The minimum atomic E-state index is -3.49. The Morgan fingerprint density at radius 1 is 1.22 bits per heavy atom. The maximum atomic E-state index is 12.6. The van der Waals surface area contributed by atoms with Crippen molar-refractivity contribution in [1.82, 2.24) is 9.62 Å². The second-order valence-corrected chi connectivity index (χ2v) is 9.19. The molecule has 0 spiro atoms. The molecule has 2 aromatic rings. The fourth-order valence-corrected chi connectivity index (χ4v) is 4.26. The van der Waals surface area contributed by atoms with Crippen molar-refractivity contribution in [2.75, 3.05) is 13.6 Å². The molecule has 0 aliphatic heterocycles. The van der Waals surface area contributed by atoms with Crippen LogP contribution in [0.4, 0.5) is 0 Å². The summed E-state index contributed by atoms with van der Waals surface area (Å²) in [4.78, 5) is 15.5. The van der Waals surface area contributed by atoms with Gasteiger partial charge in [0.1, 0.15) is 0 Å². The molecule has 0 atom stereocenters. The number of carbonyl (C=O) groups excluding carboxylic acids is 1. The van der Waals surface area contributed by atoms with E-state index in [2.05, 4.69) is 20.7 Å². The zero-order valence-electron chi connectivity index (χ0n) is 12.7. The van der Waals surface area contributed by atoms with Gasteiger partial charge in [-0.25, -0.2) is 13.1 Å². The SMILES string of the molecule is CCN(Cc1ccc(Br)s1)C(=O)c1ccc(S(=O)(=O)NC)cc1. The van der Waals surface area contributed by atoms with Crippen LogP contribution < -0.4 is 4.72 Å². The summed E-state index contributed by atoms with van der Waals surface area (Å²) in [7, 11) is -2.14. The number of amides is 1. The summed E-state index contributed by atoms with van der Waals surface area (Å²) < 4.78 is 26.7. The lowest BCUT2D eigenvalue weighted by molar-refractivity contribution is 0.0754. The lowest BCUT2D eigenvalue weighted by atomic mass is 10.2. The lowest BCUT2D eigenvalue weighted by Gasteiger charge is -2.20. The number of halogens is 1. The minimum Gasteiger partial charge on any atom is -0.334 e. The van der Waals surface area contributed by atoms with E-state index in [0.29, 0.717) is 18.7 Å². The van der Waals surface area contributed by atoms with Gasteiger partial charge in [0.25, 0.3) is 5.91 Å². The van der Waals surface area contributed by atoms with E-state index in [-0.39, 0.29) is 10.8 Å². The molecule has 2 rings (SSSR count). The van der Waals surface area contributed by atoms with Crippen LogP contribution in [0.25, 0.3) is 0 Å². The van der Waals surface area contributed by atoms with Gasteiger partial charge in [-0.3, -0.25) is 4.79 Å². The van der Waals surface area contributed by atoms with Gasteiger partial charge in [0, 0.05) is 17.0 Å². The van der Waals surface area contributed by atoms with Gasteiger partial charge in [0.15, 0.2) is 0 Å². The first-order valence-electron chi connectivity index (χ1n) is 6.94. The van der Waals surface area contributed by atoms with Gasteiger partial charge >= 0.3 is 0 Å². The Morgan fingerprint density at radius 3 is 2.35 bits per heavy atom.